The number of anilines is 2. The highest BCUT2D eigenvalue weighted by Crippen LogP contribution is 2.42. The first kappa shape index (κ1) is 17.2. The summed E-state index contributed by atoms with van der Waals surface area (Å²) in [6.07, 6.45) is 4.59. The predicted molar refractivity (Wildman–Crippen MR) is 102 cm³/mol. The van der Waals surface area contributed by atoms with E-state index in [9.17, 15) is 0 Å². The average Bonchev–Trinajstić information content (AvgIpc) is 3.37. The van der Waals surface area contributed by atoms with E-state index in [-0.39, 0.29) is 0 Å². The Bertz CT molecular complexity index is 708. The van der Waals surface area contributed by atoms with E-state index in [1.807, 2.05) is 31.3 Å². The lowest BCUT2D eigenvalue weighted by atomic mass is 10.1. The molecule has 0 bridgehead atoms. The molecule has 0 atom stereocenters. The zero-order chi connectivity index (χ0) is 17.1. The molecule has 1 aliphatic rings. The van der Waals surface area contributed by atoms with Gasteiger partial charge in [-0.05, 0) is 73.0 Å². The Morgan fingerprint density at radius 2 is 2.08 bits per heavy atom. The van der Waals surface area contributed by atoms with Gasteiger partial charge in [-0.1, -0.05) is 31.5 Å². The summed E-state index contributed by atoms with van der Waals surface area (Å²) in [4.78, 5) is 4.62. The molecule has 1 heterocycles. The minimum absolute atomic E-state index is 0.661. The summed E-state index contributed by atoms with van der Waals surface area (Å²) in [7, 11) is 0. The van der Waals surface area contributed by atoms with Crippen molar-refractivity contribution in [1.29, 1.82) is 0 Å². The van der Waals surface area contributed by atoms with Gasteiger partial charge in [0.2, 0.25) is 0 Å². The molecule has 4 heteroatoms. The molecule has 1 fully saturated rings. The maximum absolute atomic E-state index is 6.21. The Morgan fingerprint density at radius 3 is 2.79 bits per heavy atom. The fraction of sp³-hybridized carbons (Fsp3) is 0.450. The molecule has 0 amide bonds. The smallest absolute Gasteiger partial charge is 0.130 e. The molecule has 3 nitrogen and oxygen atoms in total. The van der Waals surface area contributed by atoms with E-state index in [1.165, 1.54) is 24.0 Å². The standard InChI is InChI=1S/C20H26ClN3/c1-13(2)10-22-11-16-12-23-20(9-17(16)15-7-8-15)24-19-6-4-5-18(21)14(19)3/h4-6,9,12-13,15,22H,7-8,10-11H2,1-3H3,(H,23,24). The molecule has 2 aromatic rings. The van der Waals surface area contributed by atoms with E-state index in [1.54, 1.807) is 0 Å². The third-order valence-corrected chi connectivity index (χ3v) is 4.85. The molecule has 0 saturated heterocycles. The second-order valence-corrected chi connectivity index (χ2v) is 7.51. The van der Waals surface area contributed by atoms with E-state index in [2.05, 4.69) is 35.5 Å². The van der Waals surface area contributed by atoms with Crippen molar-refractivity contribution in [2.24, 2.45) is 5.92 Å². The summed E-state index contributed by atoms with van der Waals surface area (Å²) < 4.78 is 0. The molecular formula is C20H26ClN3. The predicted octanol–water partition coefficient (Wildman–Crippen LogP) is 5.41. The molecule has 0 spiro atoms. The van der Waals surface area contributed by atoms with Crippen LogP contribution in [0.1, 0.15) is 49.3 Å². The van der Waals surface area contributed by atoms with Crippen LogP contribution in [-0.2, 0) is 6.54 Å². The van der Waals surface area contributed by atoms with Crippen molar-refractivity contribution >= 4 is 23.1 Å². The summed E-state index contributed by atoms with van der Waals surface area (Å²) in [6, 6.07) is 8.13. The highest BCUT2D eigenvalue weighted by molar-refractivity contribution is 6.31. The van der Waals surface area contributed by atoms with Crippen molar-refractivity contribution < 1.29 is 0 Å². The van der Waals surface area contributed by atoms with E-state index < -0.39 is 0 Å². The van der Waals surface area contributed by atoms with Crippen LogP contribution in [0.4, 0.5) is 11.5 Å². The number of rotatable bonds is 7. The topological polar surface area (TPSA) is 37.0 Å². The van der Waals surface area contributed by atoms with Crippen molar-refractivity contribution in [1.82, 2.24) is 10.3 Å². The van der Waals surface area contributed by atoms with Gasteiger partial charge in [0, 0.05) is 23.5 Å². The van der Waals surface area contributed by atoms with E-state index in [0.29, 0.717) is 11.8 Å². The Kier molecular flexibility index (Phi) is 5.42. The van der Waals surface area contributed by atoms with E-state index >= 15 is 0 Å². The van der Waals surface area contributed by atoms with Crippen LogP contribution in [0.5, 0.6) is 0 Å². The summed E-state index contributed by atoms with van der Waals surface area (Å²) in [5.74, 6) is 2.26. The van der Waals surface area contributed by atoms with Crippen LogP contribution >= 0.6 is 11.6 Å². The lowest BCUT2D eigenvalue weighted by Crippen LogP contribution is -2.20. The number of nitrogens with zero attached hydrogens (tertiary/aromatic N) is 1. The number of pyridine rings is 1. The lowest BCUT2D eigenvalue weighted by molar-refractivity contribution is 0.550. The zero-order valence-electron chi connectivity index (χ0n) is 14.7. The average molecular weight is 344 g/mol. The van der Waals surface area contributed by atoms with Crippen LogP contribution < -0.4 is 10.6 Å². The third kappa shape index (κ3) is 4.28. The number of benzene rings is 1. The van der Waals surface area contributed by atoms with Gasteiger partial charge in [-0.25, -0.2) is 4.98 Å². The highest BCUT2D eigenvalue weighted by atomic mass is 35.5. The van der Waals surface area contributed by atoms with Crippen molar-refractivity contribution in [3.8, 4) is 0 Å². The fourth-order valence-corrected chi connectivity index (χ4v) is 3.04. The second-order valence-electron chi connectivity index (χ2n) is 7.10. The van der Waals surface area contributed by atoms with Crippen LogP contribution in [0.2, 0.25) is 5.02 Å². The number of hydrogen-bond acceptors (Lipinski definition) is 3. The minimum atomic E-state index is 0.661. The van der Waals surface area contributed by atoms with Crippen LogP contribution in [0.25, 0.3) is 0 Å². The third-order valence-electron chi connectivity index (χ3n) is 4.44. The molecule has 24 heavy (non-hydrogen) atoms. The molecule has 0 aliphatic heterocycles. The van der Waals surface area contributed by atoms with Gasteiger partial charge in [-0.15, -0.1) is 0 Å². The van der Waals surface area contributed by atoms with Gasteiger partial charge in [0.05, 0.1) is 0 Å². The van der Waals surface area contributed by atoms with Crippen molar-refractivity contribution in [2.75, 3.05) is 11.9 Å². The van der Waals surface area contributed by atoms with E-state index in [4.69, 9.17) is 11.6 Å². The molecule has 1 aromatic heterocycles. The number of halogens is 1. The first-order chi connectivity index (χ1) is 11.5. The molecule has 0 unspecified atom stereocenters. The summed E-state index contributed by atoms with van der Waals surface area (Å²) in [6.45, 7) is 8.41. The number of aromatic nitrogens is 1. The molecular weight excluding hydrogens is 318 g/mol. The van der Waals surface area contributed by atoms with Gasteiger partial charge < -0.3 is 10.6 Å². The number of hydrogen-bond donors (Lipinski definition) is 2. The van der Waals surface area contributed by atoms with Gasteiger partial charge in [0.15, 0.2) is 0 Å². The normalized spacial score (nSPS) is 14.2. The maximum atomic E-state index is 6.21. The van der Waals surface area contributed by atoms with Gasteiger partial charge in [-0.3, -0.25) is 0 Å². The summed E-state index contributed by atoms with van der Waals surface area (Å²) in [5.41, 5.74) is 4.83. The largest absolute Gasteiger partial charge is 0.340 e. The van der Waals surface area contributed by atoms with Gasteiger partial charge in [0.25, 0.3) is 0 Å². The Morgan fingerprint density at radius 1 is 1.29 bits per heavy atom. The number of nitrogens with one attached hydrogen (secondary N) is 2. The Labute approximate surface area is 149 Å². The first-order valence-corrected chi connectivity index (χ1v) is 9.14. The zero-order valence-corrected chi connectivity index (χ0v) is 15.5. The Balaban J connectivity index is 1.77. The first-order valence-electron chi connectivity index (χ1n) is 8.76. The summed E-state index contributed by atoms with van der Waals surface area (Å²) in [5, 5.41) is 7.73. The molecule has 128 valence electrons. The van der Waals surface area contributed by atoms with Gasteiger partial charge in [0.1, 0.15) is 5.82 Å². The van der Waals surface area contributed by atoms with E-state index in [0.717, 1.165) is 35.2 Å². The van der Waals surface area contributed by atoms with Crippen LogP contribution in [0.15, 0.2) is 30.5 Å². The molecule has 3 rings (SSSR count). The van der Waals surface area contributed by atoms with Crippen molar-refractivity contribution in [2.45, 2.75) is 46.1 Å². The lowest BCUT2D eigenvalue weighted by Gasteiger charge is -2.15. The Hall–Kier alpha value is -1.58. The van der Waals surface area contributed by atoms with Crippen molar-refractivity contribution in [3.63, 3.8) is 0 Å². The highest BCUT2D eigenvalue weighted by Gasteiger charge is 2.26. The SMILES string of the molecule is Cc1c(Cl)cccc1Nc1cc(C2CC2)c(CNCC(C)C)cn1. The van der Waals surface area contributed by atoms with Crippen molar-refractivity contribution in [3.05, 3.63) is 52.2 Å². The fourth-order valence-electron chi connectivity index (χ4n) is 2.87. The van der Waals surface area contributed by atoms with Crippen LogP contribution in [0, 0.1) is 12.8 Å². The quantitative estimate of drug-likeness (QED) is 0.705. The molecule has 1 saturated carbocycles. The summed E-state index contributed by atoms with van der Waals surface area (Å²) >= 11 is 6.21. The molecule has 1 aliphatic carbocycles. The molecule has 2 N–H and O–H groups in total. The van der Waals surface area contributed by atoms with Gasteiger partial charge >= 0.3 is 0 Å². The molecule has 1 aromatic carbocycles. The second kappa shape index (κ2) is 7.54. The monoisotopic (exact) mass is 343 g/mol. The van der Waals surface area contributed by atoms with Crippen LogP contribution in [0.3, 0.4) is 0 Å². The minimum Gasteiger partial charge on any atom is -0.340 e. The maximum Gasteiger partial charge on any atom is 0.130 e. The van der Waals surface area contributed by atoms with Gasteiger partial charge in [-0.2, -0.15) is 0 Å². The van der Waals surface area contributed by atoms with Crippen LogP contribution in [-0.4, -0.2) is 11.5 Å². The molecule has 0 radical (unpaired) electrons.